The highest BCUT2D eigenvalue weighted by atomic mass is 16.5. The Hall–Kier alpha value is -3.08. The molecule has 2 aromatic rings. The van der Waals surface area contributed by atoms with Crippen molar-refractivity contribution >= 4 is 23.5 Å². The zero-order valence-electron chi connectivity index (χ0n) is 14.7. The molecule has 1 amide bonds. The van der Waals surface area contributed by atoms with Crippen LogP contribution in [0.3, 0.4) is 0 Å². The summed E-state index contributed by atoms with van der Waals surface area (Å²) in [5, 5.41) is 2.79. The molecule has 0 fully saturated rings. The van der Waals surface area contributed by atoms with Gasteiger partial charge < -0.3 is 14.8 Å². The molecular weight excluding hydrogens is 330 g/mol. The zero-order chi connectivity index (χ0) is 18.3. The van der Waals surface area contributed by atoms with E-state index in [1.807, 2.05) is 44.2 Å². The molecule has 0 spiro atoms. The first-order valence-corrected chi connectivity index (χ1v) is 8.57. The number of benzene rings is 2. The van der Waals surface area contributed by atoms with Gasteiger partial charge in [0.2, 0.25) is 0 Å². The van der Waals surface area contributed by atoms with E-state index in [1.54, 1.807) is 6.07 Å². The summed E-state index contributed by atoms with van der Waals surface area (Å²) in [5.74, 6) is 1.12. The lowest BCUT2D eigenvalue weighted by Crippen LogP contribution is -2.25. The maximum absolute atomic E-state index is 13.0. The van der Waals surface area contributed by atoms with Gasteiger partial charge in [-0.3, -0.25) is 9.59 Å². The van der Waals surface area contributed by atoms with Crippen molar-refractivity contribution in [3.05, 3.63) is 58.2 Å². The Morgan fingerprint density at radius 3 is 2.77 bits per heavy atom. The molecule has 132 valence electrons. The zero-order valence-corrected chi connectivity index (χ0v) is 14.7. The maximum Gasteiger partial charge on any atom is 0.262 e. The number of hydrogen-bond acceptors (Lipinski definition) is 4. The molecule has 0 atom stereocenters. The first-order chi connectivity index (χ1) is 12.5. The molecule has 0 aliphatic carbocycles. The third kappa shape index (κ3) is 2.96. The van der Waals surface area contributed by atoms with Crippen LogP contribution in [0.4, 0.5) is 5.69 Å². The van der Waals surface area contributed by atoms with Crippen molar-refractivity contribution in [1.29, 1.82) is 0 Å². The number of anilines is 1. The van der Waals surface area contributed by atoms with E-state index in [4.69, 9.17) is 9.47 Å². The van der Waals surface area contributed by atoms with Crippen molar-refractivity contribution in [2.75, 3.05) is 18.5 Å². The predicted octanol–water partition coefficient (Wildman–Crippen LogP) is 3.68. The highest BCUT2D eigenvalue weighted by Crippen LogP contribution is 2.33. The number of Topliss-reactive ketones (excluding diaryl/α,β-unsaturated/α-hetero) is 1. The fraction of sp³-hybridized carbons (Fsp3) is 0.238. The van der Waals surface area contributed by atoms with Crippen molar-refractivity contribution in [2.24, 2.45) is 0 Å². The van der Waals surface area contributed by atoms with Crippen LogP contribution in [0.1, 0.15) is 33.5 Å². The van der Waals surface area contributed by atoms with Crippen molar-refractivity contribution < 1.29 is 19.1 Å². The standard InChI is InChI=1S/C21H19NO4/c1-12-7-13(2)21-16(8-12)20(24)15(5-6-25-21)9-14-3-4-18-17(10-14)22-19(23)11-26-18/h3-4,7-10H,5-6,11H2,1-2H3,(H,22,23). The second kappa shape index (κ2) is 6.33. The Morgan fingerprint density at radius 1 is 1.08 bits per heavy atom. The van der Waals surface area contributed by atoms with E-state index in [0.717, 1.165) is 16.7 Å². The highest BCUT2D eigenvalue weighted by molar-refractivity contribution is 6.13. The SMILES string of the molecule is Cc1cc(C)c2c(c1)C(=O)C(=Cc1ccc3c(c1)NC(=O)CO3)CCO2. The van der Waals surface area contributed by atoms with Crippen LogP contribution >= 0.6 is 0 Å². The number of carbonyl (C=O) groups is 2. The van der Waals surface area contributed by atoms with Gasteiger partial charge in [-0.05, 0) is 54.8 Å². The maximum atomic E-state index is 13.0. The van der Waals surface area contributed by atoms with Crippen LogP contribution in [0.2, 0.25) is 0 Å². The van der Waals surface area contributed by atoms with Crippen LogP contribution in [0.5, 0.6) is 11.5 Å². The Labute approximate surface area is 151 Å². The van der Waals surface area contributed by atoms with E-state index in [0.29, 0.717) is 41.4 Å². The van der Waals surface area contributed by atoms with Gasteiger partial charge in [-0.2, -0.15) is 0 Å². The van der Waals surface area contributed by atoms with E-state index in [9.17, 15) is 9.59 Å². The van der Waals surface area contributed by atoms with Crippen LogP contribution in [0, 0.1) is 13.8 Å². The van der Waals surface area contributed by atoms with Crippen LogP contribution in [-0.2, 0) is 4.79 Å². The molecule has 2 heterocycles. The molecule has 26 heavy (non-hydrogen) atoms. The summed E-state index contributed by atoms with van der Waals surface area (Å²) in [6.07, 6.45) is 2.39. The van der Waals surface area contributed by atoms with Gasteiger partial charge in [-0.15, -0.1) is 0 Å². The molecule has 2 aromatic carbocycles. The quantitative estimate of drug-likeness (QED) is 0.798. The number of amides is 1. The van der Waals surface area contributed by atoms with Crippen LogP contribution in [0.15, 0.2) is 35.9 Å². The van der Waals surface area contributed by atoms with Crippen LogP contribution in [-0.4, -0.2) is 24.9 Å². The number of ether oxygens (including phenoxy) is 2. The molecule has 0 saturated carbocycles. The summed E-state index contributed by atoms with van der Waals surface area (Å²) < 4.78 is 11.2. The van der Waals surface area contributed by atoms with Gasteiger partial charge >= 0.3 is 0 Å². The normalized spacial score (nSPS) is 17.5. The molecule has 5 heteroatoms. The fourth-order valence-corrected chi connectivity index (χ4v) is 3.39. The largest absolute Gasteiger partial charge is 0.492 e. The molecule has 0 unspecified atom stereocenters. The Kier molecular flexibility index (Phi) is 3.99. The average Bonchev–Trinajstić information content (AvgIpc) is 2.75. The average molecular weight is 349 g/mol. The summed E-state index contributed by atoms with van der Waals surface area (Å²) in [6.45, 7) is 4.42. The predicted molar refractivity (Wildman–Crippen MR) is 98.9 cm³/mol. The Bertz CT molecular complexity index is 959. The number of fused-ring (bicyclic) bond motifs is 2. The Morgan fingerprint density at radius 2 is 1.92 bits per heavy atom. The van der Waals surface area contributed by atoms with Crippen LogP contribution in [0.25, 0.3) is 6.08 Å². The minimum absolute atomic E-state index is 0.0118. The van der Waals surface area contributed by atoms with Crippen molar-refractivity contribution in [2.45, 2.75) is 20.3 Å². The molecule has 0 aromatic heterocycles. The molecule has 0 bridgehead atoms. The second-order valence-electron chi connectivity index (χ2n) is 6.65. The molecule has 0 radical (unpaired) electrons. The summed E-state index contributed by atoms with van der Waals surface area (Å²) in [7, 11) is 0. The van der Waals surface area contributed by atoms with E-state index < -0.39 is 0 Å². The molecule has 1 N–H and O–H groups in total. The van der Waals surface area contributed by atoms with Crippen LogP contribution < -0.4 is 14.8 Å². The van der Waals surface area contributed by atoms with Gasteiger partial charge in [0.25, 0.3) is 5.91 Å². The van der Waals surface area contributed by atoms with Gasteiger partial charge in [0, 0.05) is 12.0 Å². The topological polar surface area (TPSA) is 64.6 Å². The molecular formula is C21H19NO4. The molecule has 0 saturated heterocycles. The van der Waals surface area contributed by atoms with E-state index >= 15 is 0 Å². The Balaban J connectivity index is 1.72. The molecule has 5 nitrogen and oxygen atoms in total. The van der Waals surface area contributed by atoms with E-state index in [-0.39, 0.29) is 18.3 Å². The first-order valence-electron chi connectivity index (χ1n) is 8.57. The summed E-state index contributed by atoms with van der Waals surface area (Å²) in [6, 6.07) is 9.41. The highest BCUT2D eigenvalue weighted by Gasteiger charge is 2.23. The lowest BCUT2D eigenvalue weighted by molar-refractivity contribution is -0.118. The smallest absolute Gasteiger partial charge is 0.262 e. The second-order valence-corrected chi connectivity index (χ2v) is 6.65. The van der Waals surface area contributed by atoms with Gasteiger partial charge in [0.15, 0.2) is 12.4 Å². The summed E-state index contributed by atoms with van der Waals surface area (Å²) in [4.78, 5) is 24.5. The number of ketones is 1. The number of aryl methyl sites for hydroxylation is 2. The third-order valence-corrected chi connectivity index (χ3v) is 4.55. The molecule has 2 aliphatic rings. The fourth-order valence-electron chi connectivity index (χ4n) is 3.39. The van der Waals surface area contributed by atoms with Gasteiger partial charge in [-0.1, -0.05) is 12.1 Å². The monoisotopic (exact) mass is 349 g/mol. The van der Waals surface area contributed by atoms with Gasteiger partial charge in [0.1, 0.15) is 11.5 Å². The third-order valence-electron chi connectivity index (χ3n) is 4.55. The number of rotatable bonds is 1. The van der Waals surface area contributed by atoms with Gasteiger partial charge in [0.05, 0.1) is 17.9 Å². The van der Waals surface area contributed by atoms with Crippen molar-refractivity contribution in [3.63, 3.8) is 0 Å². The number of hydrogen-bond donors (Lipinski definition) is 1. The molecule has 2 aliphatic heterocycles. The van der Waals surface area contributed by atoms with Gasteiger partial charge in [-0.25, -0.2) is 0 Å². The van der Waals surface area contributed by atoms with E-state index in [1.165, 1.54) is 0 Å². The molecule has 4 rings (SSSR count). The van der Waals surface area contributed by atoms with E-state index in [2.05, 4.69) is 5.32 Å². The summed E-state index contributed by atoms with van der Waals surface area (Å²) >= 11 is 0. The first kappa shape index (κ1) is 16.4. The number of nitrogens with one attached hydrogen (secondary N) is 1. The minimum Gasteiger partial charge on any atom is -0.492 e. The lowest BCUT2D eigenvalue weighted by Gasteiger charge is -2.18. The van der Waals surface area contributed by atoms with Crippen molar-refractivity contribution in [1.82, 2.24) is 0 Å². The van der Waals surface area contributed by atoms with Crippen molar-refractivity contribution in [3.8, 4) is 11.5 Å². The lowest BCUT2D eigenvalue weighted by atomic mass is 9.96. The number of carbonyl (C=O) groups excluding carboxylic acids is 2. The summed E-state index contributed by atoms with van der Waals surface area (Å²) in [5.41, 5.74) is 4.78. The minimum atomic E-state index is -0.180.